The summed E-state index contributed by atoms with van der Waals surface area (Å²) < 4.78 is 0. The number of halogens is 2. The minimum absolute atomic E-state index is 0.614. The summed E-state index contributed by atoms with van der Waals surface area (Å²) in [6.45, 7) is 0. The molecule has 1 aromatic carbocycles. The second-order valence-electron chi connectivity index (χ2n) is 4.59. The lowest BCUT2D eigenvalue weighted by Gasteiger charge is -2.03. The molecule has 0 saturated heterocycles. The van der Waals surface area contributed by atoms with Crippen LogP contribution in [-0.4, -0.2) is 4.98 Å². The maximum atomic E-state index is 6.01. The van der Waals surface area contributed by atoms with E-state index in [1.54, 1.807) is 17.4 Å². The van der Waals surface area contributed by atoms with Crippen LogP contribution >= 0.6 is 34.5 Å². The first-order valence-corrected chi connectivity index (χ1v) is 7.39. The van der Waals surface area contributed by atoms with Crippen LogP contribution in [0.25, 0.3) is 0 Å². The molecule has 1 aromatic heterocycles. The molecule has 94 valence electrons. The highest BCUT2D eigenvalue weighted by Gasteiger charge is 2.29. The topological polar surface area (TPSA) is 38.9 Å². The van der Waals surface area contributed by atoms with Gasteiger partial charge in [0, 0.05) is 27.3 Å². The van der Waals surface area contributed by atoms with Crippen LogP contribution in [0.1, 0.15) is 34.9 Å². The van der Waals surface area contributed by atoms with E-state index in [1.165, 1.54) is 23.4 Å². The zero-order valence-electron chi connectivity index (χ0n) is 9.62. The van der Waals surface area contributed by atoms with Gasteiger partial charge in [-0.3, -0.25) is 0 Å². The Morgan fingerprint density at radius 3 is 2.50 bits per heavy atom. The van der Waals surface area contributed by atoms with Gasteiger partial charge in [-0.1, -0.05) is 23.2 Å². The van der Waals surface area contributed by atoms with E-state index in [2.05, 4.69) is 4.98 Å². The van der Waals surface area contributed by atoms with Crippen molar-refractivity contribution < 1.29 is 0 Å². The van der Waals surface area contributed by atoms with E-state index in [9.17, 15) is 0 Å². The molecule has 2 aromatic rings. The minimum atomic E-state index is 0.614. The molecule has 1 saturated carbocycles. The van der Waals surface area contributed by atoms with Crippen molar-refractivity contribution in [3.63, 3.8) is 0 Å². The Balaban J connectivity index is 1.91. The highest BCUT2D eigenvalue weighted by atomic mass is 35.5. The van der Waals surface area contributed by atoms with E-state index in [-0.39, 0.29) is 0 Å². The summed E-state index contributed by atoms with van der Waals surface area (Å²) in [6.07, 6.45) is 3.26. The van der Waals surface area contributed by atoms with Crippen LogP contribution in [0.4, 0.5) is 5.13 Å². The molecule has 0 unspecified atom stereocenters. The van der Waals surface area contributed by atoms with Crippen LogP contribution in [-0.2, 0) is 6.42 Å². The smallest absolute Gasteiger partial charge is 0.180 e. The van der Waals surface area contributed by atoms with Crippen molar-refractivity contribution in [3.05, 3.63) is 44.4 Å². The van der Waals surface area contributed by atoms with Gasteiger partial charge in [-0.25, -0.2) is 4.98 Å². The van der Waals surface area contributed by atoms with Gasteiger partial charge in [-0.05, 0) is 36.6 Å². The van der Waals surface area contributed by atoms with Gasteiger partial charge in [0.1, 0.15) is 0 Å². The molecule has 0 aliphatic heterocycles. The molecule has 3 rings (SSSR count). The molecule has 1 fully saturated rings. The molecule has 1 heterocycles. The lowest BCUT2D eigenvalue weighted by molar-refractivity contribution is 1.01. The van der Waals surface area contributed by atoms with Crippen LogP contribution < -0.4 is 5.73 Å². The van der Waals surface area contributed by atoms with Gasteiger partial charge in [-0.2, -0.15) is 0 Å². The number of nitrogen functional groups attached to an aromatic ring is 1. The van der Waals surface area contributed by atoms with Crippen LogP contribution in [0.5, 0.6) is 0 Å². The fourth-order valence-corrected chi connectivity index (χ4v) is 3.61. The molecule has 0 radical (unpaired) electrons. The number of benzene rings is 1. The molecular formula is C13H12Cl2N2S. The normalized spacial score (nSPS) is 15.0. The van der Waals surface area contributed by atoms with E-state index in [4.69, 9.17) is 28.9 Å². The number of aromatic nitrogens is 1. The predicted octanol–water partition coefficient (Wildman–Crippen LogP) is 4.50. The number of nitrogens with two attached hydrogens (primary N) is 1. The molecule has 0 spiro atoms. The maximum absolute atomic E-state index is 6.01. The third kappa shape index (κ3) is 2.63. The zero-order valence-corrected chi connectivity index (χ0v) is 11.9. The highest BCUT2D eigenvalue weighted by molar-refractivity contribution is 7.15. The molecule has 0 amide bonds. The molecular weight excluding hydrogens is 287 g/mol. The summed E-state index contributed by atoms with van der Waals surface area (Å²) in [5, 5.41) is 1.99. The largest absolute Gasteiger partial charge is 0.375 e. The van der Waals surface area contributed by atoms with Crippen molar-refractivity contribution in [2.75, 3.05) is 5.73 Å². The van der Waals surface area contributed by atoms with Crippen molar-refractivity contribution in [1.29, 1.82) is 0 Å². The van der Waals surface area contributed by atoms with Gasteiger partial charge >= 0.3 is 0 Å². The summed E-state index contributed by atoms with van der Waals surface area (Å²) in [4.78, 5) is 5.69. The number of rotatable bonds is 3. The van der Waals surface area contributed by atoms with Crippen LogP contribution in [0.3, 0.4) is 0 Å². The van der Waals surface area contributed by atoms with E-state index < -0.39 is 0 Å². The Hall–Kier alpha value is -0.770. The SMILES string of the molecule is Nc1nc(C2CC2)c(Cc2cc(Cl)cc(Cl)c2)s1. The average molecular weight is 299 g/mol. The monoisotopic (exact) mass is 298 g/mol. The standard InChI is InChI=1S/C13H12Cl2N2S/c14-9-3-7(4-10(15)6-9)5-11-12(8-1-2-8)17-13(16)18-11/h3-4,6,8H,1-2,5H2,(H2,16,17). The first-order valence-electron chi connectivity index (χ1n) is 5.82. The fourth-order valence-electron chi connectivity index (χ4n) is 2.08. The van der Waals surface area contributed by atoms with E-state index in [0.717, 1.165) is 12.0 Å². The molecule has 18 heavy (non-hydrogen) atoms. The zero-order chi connectivity index (χ0) is 12.7. The first-order chi connectivity index (χ1) is 8.61. The molecule has 5 heteroatoms. The van der Waals surface area contributed by atoms with Crippen molar-refractivity contribution >= 4 is 39.7 Å². The Morgan fingerprint density at radius 1 is 1.22 bits per heavy atom. The molecule has 2 nitrogen and oxygen atoms in total. The van der Waals surface area contributed by atoms with E-state index in [1.807, 2.05) is 12.1 Å². The lowest BCUT2D eigenvalue weighted by atomic mass is 10.1. The average Bonchev–Trinajstić information content (AvgIpc) is 3.02. The Labute approximate surface area is 120 Å². The summed E-state index contributed by atoms with van der Waals surface area (Å²) in [7, 11) is 0. The van der Waals surface area contributed by atoms with Gasteiger partial charge in [0.25, 0.3) is 0 Å². The molecule has 0 bridgehead atoms. The molecule has 0 atom stereocenters. The van der Waals surface area contributed by atoms with Gasteiger partial charge in [0.2, 0.25) is 0 Å². The number of hydrogen-bond acceptors (Lipinski definition) is 3. The number of nitrogens with zero attached hydrogens (tertiary/aromatic N) is 1. The van der Waals surface area contributed by atoms with Crippen molar-refractivity contribution in [3.8, 4) is 0 Å². The van der Waals surface area contributed by atoms with Crippen LogP contribution in [0.2, 0.25) is 10.0 Å². The molecule has 2 N–H and O–H groups in total. The first kappa shape index (κ1) is 12.3. The van der Waals surface area contributed by atoms with Crippen LogP contribution in [0.15, 0.2) is 18.2 Å². The number of thiazole rings is 1. The quantitative estimate of drug-likeness (QED) is 0.906. The Kier molecular flexibility index (Phi) is 3.22. The number of hydrogen-bond donors (Lipinski definition) is 1. The lowest BCUT2D eigenvalue weighted by Crippen LogP contribution is -1.91. The summed E-state index contributed by atoms with van der Waals surface area (Å²) in [5.41, 5.74) is 8.10. The van der Waals surface area contributed by atoms with E-state index >= 15 is 0 Å². The summed E-state index contributed by atoms with van der Waals surface area (Å²) in [6, 6.07) is 5.63. The second kappa shape index (κ2) is 4.72. The second-order valence-corrected chi connectivity index (χ2v) is 6.58. The van der Waals surface area contributed by atoms with Crippen molar-refractivity contribution in [2.24, 2.45) is 0 Å². The fraction of sp³-hybridized carbons (Fsp3) is 0.308. The Morgan fingerprint density at radius 2 is 1.89 bits per heavy atom. The number of anilines is 1. The van der Waals surface area contributed by atoms with Gasteiger partial charge in [-0.15, -0.1) is 11.3 Å². The van der Waals surface area contributed by atoms with Gasteiger partial charge in [0.05, 0.1) is 5.69 Å². The Bertz CT molecular complexity index is 570. The van der Waals surface area contributed by atoms with Crippen LogP contribution in [0, 0.1) is 0 Å². The summed E-state index contributed by atoms with van der Waals surface area (Å²) >= 11 is 13.6. The third-order valence-corrected chi connectivity index (χ3v) is 4.33. The maximum Gasteiger partial charge on any atom is 0.180 e. The van der Waals surface area contributed by atoms with Gasteiger partial charge in [0.15, 0.2) is 5.13 Å². The van der Waals surface area contributed by atoms with E-state index in [0.29, 0.717) is 21.1 Å². The highest BCUT2D eigenvalue weighted by Crippen LogP contribution is 2.43. The van der Waals surface area contributed by atoms with Gasteiger partial charge < -0.3 is 5.73 Å². The minimum Gasteiger partial charge on any atom is -0.375 e. The third-order valence-electron chi connectivity index (χ3n) is 3.00. The molecule has 1 aliphatic rings. The molecule has 1 aliphatic carbocycles. The summed E-state index contributed by atoms with van der Waals surface area (Å²) in [5.74, 6) is 0.614. The predicted molar refractivity (Wildman–Crippen MR) is 77.8 cm³/mol. The van der Waals surface area contributed by atoms with Crippen molar-refractivity contribution in [2.45, 2.75) is 25.2 Å². The van der Waals surface area contributed by atoms with Crippen molar-refractivity contribution in [1.82, 2.24) is 4.98 Å².